The van der Waals surface area contributed by atoms with Gasteiger partial charge in [-0.1, -0.05) is 6.92 Å². The minimum atomic E-state index is -0.287. The normalized spacial score (nSPS) is 14.4. The zero-order chi connectivity index (χ0) is 12.8. The van der Waals surface area contributed by atoms with Crippen LogP contribution in [-0.4, -0.2) is 18.7 Å². The molecule has 96 valence electrons. The Morgan fingerprint density at radius 2 is 2.12 bits per heavy atom. The SMILES string of the molecule is CCC(C)NCC(C)Oc1cc(F)ccc1Br. The third kappa shape index (κ3) is 5.04. The first-order chi connectivity index (χ1) is 8.02. The Hall–Kier alpha value is -0.610. The van der Waals surface area contributed by atoms with Crippen LogP contribution in [0.5, 0.6) is 5.75 Å². The molecule has 0 radical (unpaired) electrons. The predicted octanol–water partition coefficient (Wildman–Crippen LogP) is 3.74. The summed E-state index contributed by atoms with van der Waals surface area (Å²) in [6.45, 7) is 6.97. The number of hydrogen-bond donors (Lipinski definition) is 1. The molecule has 1 aromatic rings. The summed E-state index contributed by atoms with van der Waals surface area (Å²) in [5.41, 5.74) is 0. The van der Waals surface area contributed by atoms with E-state index in [-0.39, 0.29) is 11.9 Å². The van der Waals surface area contributed by atoms with Gasteiger partial charge < -0.3 is 10.1 Å². The third-order valence-electron chi connectivity index (χ3n) is 2.59. The Labute approximate surface area is 111 Å². The molecule has 2 unspecified atom stereocenters. The lowest BCUT2D eigenvalue weighted by Crippen LogP contribution is -2.34. The second-order valence-corrected chi connectivity index (χ2v) is 5.08. The highest BCUT2D eigenvalue weighted by Crippen LogP contribution is 2.26. The van der Waals surface area contributed by atoms with Gasteiger partial charge in [-0.2, -0.15) is 0 Å². The van der Waals surface area contributed by atoms with E-state index in [0.29, 0.717) is 11.8 Å². The Morgan fingerprint density at radius 1 is 1.41 bits per heavy atom. The van der Waals surface area contributed by atoms with Gasteiger partial charge in [0.25, 0.3) is 0 Å². The maximum Gasteiger partial charge on any atom is 0.136 e. The number of rotatable bonds is 6. The van der Waals surface area contributed by atoms with Crippen LogP contribution in [0, 0.1) is 5.82 Å². The zero-order valence-corrected chi connectivity index (χ0v) is 12.1. The van der Waals surface area contributed by atoms with Crippen LogP contribution in [0.1, 0.15) is 27.2 Å². The van der Waals surface area contributed by atoms with Gasteiger partial charge in [0.2, 0.25) is 0 Å². The summed E-state index contributed by atoms with van der Waals surface area (Å²) in [6, 6.07) is 4.92. The molecule has 0 aliphatic carbocycles. The molecule has 1 rings (SSSR count). The van der Waals surface area contributed by atoms with Gasteiger partial charge in [0.15, 0.2) is 0 Å². The maximum absolute atomic E-state index is 13.0. The second kappa shape index (κ2) is 6.97. The quantitative estimate of drug-likeness (QED) is 0.864. The highest BCUT2D eigenvalue weighted by molar-refractivity contribution is 9.10. The van der Waals surface area contributed by atoms with Crippen molar-refractivity contribution in [2.45, 2.75) is 39.3 Å². The second-order valence-electron chi connectivity index (χ2n) is 4.22. The lowest BCUT2D eigenvalue weighted by Gasteiger charge is -2.19. The Morgan fingerprint density at radius 3 is 2.76 bits per heavy atom. The number of halogens is 2. The van der Waals surface area contributed by atoms with Gasteiger partial charge in [-0.3, -0.25) is 0 Å². The summed E-state index contributed by atoms with van der Waals surface area (Å²) in [5.74, 6) is 0.258. The smallest absolute Gasteiger partial charge is 0.136 e. The average molecular weight is 304 g/mol. The van der Waals surface area contributed by atoms with Crippen molar-refractivity contribution < 1.29 is 9.13 Å². The van der Waals surface area contributed by atoms with Gasteiger partial charge in [-0.25, -0.2) is 4.39 Å². The first kappa shape index (κ1) is 14.5. The highest BCUT2D eigenvalue weighted by atomic mass is 79.9. The van der Waals surface area contributed by atoms with Gasteiger partial charge in [-0.15, -0.1) is 0 Å². The first-order valence-corrected chi connectivity index (χ1v) is 6.67. The summed E-state index contributed by atoms with van der Waals surface area (Å²) >= 11 is 3.34. The molecule has 0 spiro atoms. The number of nitrogens with one attached hydrogen (secondary N) is 1. The summed E-state index contributed by atoms with van der Waals surface area (Å²) < 4.78 is 19.5. The van der Waals surface area contributed by atoms with Crippen molar-refractivity contribution >= 4 is 15.9 Å². The molecule has 0 fully saturated rings. The topological polar surface area (TPSA) is 21.3 Å². The maximum atomic E-state index is 13.0. The van der Waals surface area contributed by atoms with E-state index in [1.165, 1.54) is 12.1 Å². The van der Waals surface area contributed by atoms with E-state index in [2.05, 4.69) is 35.1 Å². The Bertz CT molecular complexity index is 359. The van der Waals surface area contributed by atoms with E-state index >= 15 is 0 Å². The molecule has 0 saturated heterocycles. The average Bonchev–Trinajstić information content (AvgIpc) is 2.30. The van der Waals surface area contributed by atoms with Crippen molar-refractivity contribution in [1.82, 2.24) is 5.32 Å². The van der Waals surface area contributed by atoms with Crippen molar-refractivity contribution in [3.05, 3.63) is 28.5 Å². The molecule has 4 heteroatoms. The van der Waals surface area contributed by atoms with Crippen molar-refractivity contribution in [3.8, 4) is 5.75 Å². The monoisotopic (exact) mass is 303 g/mol. The van der Waals surface area contributed by atoms with Crippen LogP contribution in [0.3, 0.4) is 0 Å². The molecule has 0 aliphatic heterocycles. The van der Waals surface area contributed by atoms with Crippen LogP contribution in [0.4, 0.5) is 4.39 Å². The highest BCUT2D eigenvalue weighted by Gasteiger charge is 2.09. The van der Waals surface area contributed by atoms with E-state index in [4.69, 9.17) is 4.74 Å². The molecule has 2 atom stereocenters. The number of ether oxygens (including phenoxy) is 1. The third-order valence-corrected chi connectivity index (χ3v) is 3.24. The fourth-order valence-electron chi connectivity index (χ4n) is 1.34. The lowest BCUT2D eigenvalue weighted by atomic mass is 10.2. The first-order valence-electron chi connectivity index (χ1n) is 5.88. The van der Waals surface area contributed by atoms with Gasteiger partial charge in [-0.05, 0) is 48.3 Å². The largest absolute Gasteiger partial charge is 0.488 e. The van der Waals surface area contributed by atoms with Crippen LogP contribution in [0.2, 0.25) is 0 Å². The molecule has 0 saturated carbocycles. The lowest BCUT2D eigenvalue weighted by molar-refractivity contribution is 0.210. The van der Waals surface area contributed by atoms with Crippen molar-refractivity contribution in [3.63, 3.8) is 0 Å². The van der Waals surface area contributed by atoms with Crippen LogP contribution in [0.25, 0.3) is 0 Å². The zero-order valence-electron chi connectivity index (χ0n) is 10.5. The van der Waals surface area contributed by atoms with Gasteiger partial charge in [0.05, 0.1) is 4.47 Å². The van der Waals surface area contributed by atoms with Gasteiger partial charge in [0.1, 0.15) is 17.7 Å². The van der Waals surface area contributed by atoms with Crippen LogP contribution >= 0.6 is 15.9 Å². The fourth-order valence-corrected chi connectivity index (χ4v) is 1.68. The number of hydrogen-bond acceptors (Lipinski definition) is 2. The molecule has 0 aromatic heterocycles. The number of benzene rings is 1. The van der Waals surface area contributed by atoms with Gasteiger partial charge >= 0.3 is 0 Å². The molecular formula is C13H19BrFNO. The van der Waals surface area contributed by atoms with Crippen molar-refractivity contribution in [1.29, 1.82) is 0 Å². The van der Waals surface area contributed by atoms with Crippen molar-refractivity contribution in [2.24, 2.45) is 0 Å². The molecule has 2 nitrogen and oxygen atoms in total. The Kier molecular flexibility index (Phi) is 5.92. The predicted molar refractivity (Wildman–Crippen MR) is 71.9 cm³/mol. The Balaban J connectivity index is 2.50. The van der Waals surface area contributed by atoms with E-state index in [1.807, 2.05) is 6.92 Å². The van der Waals surface area contributed by atoms with Crippen LogP contribution in [0.15, 0.2) is 22.7 Å². The minimum absolute atomic E-state index is 0.00194. The van der Waals surface area contributed by atoms with E-state index < -0.39 is 0 Å². The summed E-state index contributed by atoms with van der Waals surface area (Å²) in [5, 5.41) is 3.35. The molecule has 0 amide bonds. The van der Waals surface area contributed by atoms with Crippen LogP contribution < -0.4 is 10.1 Å². The molecule has 0 aliphatic rings. The van der Waals surface area contributed by atoms with Crippen LogP contribution in [-0.2, 0) is 0 Å². The molecule has 0 bridgehead atoms. The molecule has 1 N–H and O–H groups in total. The summed E-state index contributed by atoms with van der Waals surface area (Å²) in [7, 11) is 0. The molecule has 0 heterocycles. The molecular weight excluding hydrogens is 285 g/mol. The summed E-state index contributed by atoms with van der Waals surface area (Å²) in [4.78, 5) is 0. The minimum Gasteiger partial charge on any atom is -0.488 e. The van der Waals surface area contributed by atoms with Crippen molar-refractivity contribution in [2.75, 3.05) is 6.54 Å². The summed E-state index contributed by atoms with van der Waals surface area (Å²) in [6.07, 6.45) is 1.08. The van der Waals surface area contributed by atoms with Gasteiger partial charge in [0, 0.05) is 18.7 Å². The van der Waals surface area contributed by atoms with E-state index in [9.17, 15) is 4.39 Å². The molecule has 1 aromatic carbocycles. The standard InChI is InChI=1S/C13H19BrFNO/c1-4-9(2)16-8-10(3)17-13-7-11(15)5-6-12(13)14/h5-7,9-10,16H,4,8H2,1-3H3. The van der Waals surface area contributed by atoms with E-state index in [0.717, 1.165) is 17.4 Å². The molecule has 17 heavy (non-hydrogen) atoms. The fraction of sp³-hybridized carbons (Fsp3) is 0.538. The van der Waals surface area contributed by atoms with E-state index in [1.54, 1.807) is 6.07 Å².